The number of ether oxygens (including phenoxy) is 2. The summed E-state index contributed by atoms with van der Waals surface area (Å²) in [6.45, 7) is 4.81. The minimum absolute atomic E-state index is 0.0113. The zero-order valence-corrected chi connectivity index (χ0v) is 32.7. The predicted octanol–water partition coefficient (Wildman–Crippen LogP) is 8.24. The Balaban J connectivity index is 0.867. The van der Waals surface area contributed by atoms with Crippen molar-refractivity contribution >= 4 is 17.0 Å². The zero-order valence-electron chi connectivity index (χ0n) is 32.7. The highest BCUT2D eigenvalue weighted by Gasteiger charge is 2.37. The number of pyridine rings is 1. The third kappa shape index (κ3) is 10.8. The first kappa shape index (κ1) is 40.1. The molecule has 2 bridgehead atoms. The van der Waals surface area contributed by atoms with Gasteiger partial charge in [0.15, 0.2) is 0 Å². The van der Waals surface area contributed by atoms with Gasteiger partial charge in [-0.2, -0.15) is 0 Å². The fraction of sp³-hybridized carbons (Fsp3) is 0.404. The van der Waals surface area contributed by atoms with Gasteiger partial charge in [0.05, 0.1) is 24.3 Å². The van der Waals surface area contributed by atoms with Gasteiger partial charge in [0.25, 0.3) is 0 Å². The molecule has 10 heteroatoms. The molecule has 0 saturated carbocycles. The molecule has 3 aliphatic rings. The van der Waals surface area contributed by atoms with E-state index in [1.807, 2.05) is 48.5 Å². The first-order chi connectivity index (χ1) is 27.9. The van der Waals surface area contributed by atoms with Gasteiger partial charge in [-0.25, -0.2) is 4.79 Å². The number of benzene rings is 4. The number of aliphatic hydroxyl groups excluding tert-OH is 1. The van der Waals surface area contributed by atoms with E-state index in [-0.39, 0.29) is 23.5 Å². The second-order valence-electron chi connectivity index (χ2n) is 15.6. The van der Waals surface area contributed by atoms with E-state index in [9.17, 15) is 19.8 Å². The molecule has 3 fully saturated rings. The number of hydrogen-bond acceptors (Lipinski definition) is 8. The number of aromatic nitrogens is 1. The van der Waals surface area contributed by atoms with Gasteiger partial charge in [-0.15, -0.1) is 0 Å². The van der Waals surface area contributed by atoms with Crippen LogP contribution in [-0.4, -0.2) is 71.6 Å². The third-order valence-electron chi connectivity index (χ3n) is 11.5. The van der Waals surface area contributed by atoms with Crippen molar-refractivity contribution in [2.24, 2.45) is 5.92 Å². The lowest BCUT2D eigenvalue weighted by Gasteiger charge is -2.43. The van der Waals surface area contributed by atoms with Crippen LogP contribution in [-0.2, 0) is 4.74 Å². The molecule has 5 aromatic rings. The summed E-state index contributed by atoms with van der Waals surface area (Å²) in [4.78, 5) is 30.2. The Hall–Kier alpha value is -5.16. The van der Waals surface area contributed by atoms with Crippen molar-refractivity contribution in [3.8, 4) is 22.6 Å². The molecule has 1 aromatic heterocycles. The lowest BCUT2D eigenvalue weighted by Crippen LogP contribution is -2.52. The SMILES string of the molecule is O=C(NC(c1ccccc1)c1cc(OCCCCCCCCCNC[C@H](O)c2ccc(O)c3[nH]c(=O)ccc23)cc(-c2ccccc2)c1)O[C@H]1CN2CCC1CC2. The minimum Gasteiger partial charge on any atom is -0.506 e. The Labute approximate surface area is 335 Å². The monoisotopic (exact) mass is 772 g/mol. The molecule has 3 atom stereocenters. The van der Waals surface area contributed by atoms with Crippen molar-refractivity contribution in [2.75, 3.05) is 39.3 Å². The lowest BCUT2D eigenvalue weighted by atomic mass is 9.86. The number of phenolic OH excluding ortho intramolecular Hbond substituents is 1. The van der Waals surface area contributed by atoms with E-state index in [0.29, 0.717) is 35.5 Å². The number of hydrogen-bond donors (Lipinski definition) is 5. The molecule has 1 unspecified atom stereocenters. The number of piperidine rings is 3. The standard InChI is InChI=1S/C47H56N4O6/c52-41-20-18-39(40-19-21-44(54)49-46(40)41)42(53)31-48-24-12-4-2-1-3-5-13-27-56-38-29-36(33-14-8-6-9-15-33)28-37(30-38)45(35-16-10-7-11-17-35)50-47(55)57-43-32-51-25-22-34(43)23-26-51/h6-11,14-21,28-30,34,42-43,45,48,52-53H,1-5,12-13,22-27,31-32H2,(H,49,54)(H,50,55)/t42-,43-,45?/m0/s1. The smallest absolute Gasteiger partial charge is 0.408 e. The van der Waals surface area contributed by atoms with Crippen LogP contribution in [0.25, 0.3) is 22.0 Å². The van der Waals surface area contributed by atoms with Gasteiger partial charge in [-0.3, -0.25) is 9.69 Å². The summed E-state index contributed by atoms with van der Waals surface area (Å²) in [5, 5.41) is 28.1. The Morgan fingerprint density at radius 2 is 1.53 bits per heavy atom. The van der Waals surface area contributed by atoms with E-state index in [0.717, 1.165) is 112 Å². The number of nitrogens with one attached hydrogen (secondary N) is 3. The van der Waals surface area contributed by atoms with Gasteiger partial charge in [0.1, 0.15) is 17.6 Å². The topological polar surface area (TPSA) is 136 Å². The van der Waals surface area contributed by atoms with E-state index in [4.69, 9.17) is 9.47 Å². The van der Waals surface area contributed by atoms with Crippen LogP contribution in [0.15, 0.2) is 108 Å². The molecule has 4 heterocycles. The Kier molecular flexibility index (Phi) is 13.9. The van der Waals surface area contributed by atoms with Gasteiger partial charge in [0, 0.05) is 24.5 Å². The molecule has 0 radical (unpaired) electrons. The van der Waals surface area contributed by atoms with E-state index in [1.165, 1.54) is 12.1 Å². The summed E-state index contributed by atoms with van der Waals surface area (Å²) in [6, 6.07) is 32.5. The number of aromatic amines is 1. The minimum atomic E-state index is -0.751. The molecule has 10 nitrogen and oxygen atoms in total. The molecular weight excluding hydrogens is 717 g/mol. The summed E-state index contributed by atoms with van der Waals surface area (Å²) in [5.41, 5.74) is 4.77. The van der Waals surface area contributed by atoms with Crippen LogP contribution in [0.3, 0.4) is 0 Å². The van der Waals surface area contributed by atoms with Gasteiger partial charge >= 0.3 is 6.09 Å². The van der Waals surface area contributed by atoms with Crippen LogP contribution >= 0.6 is 0 Å². The molecule has 1 amide bonds. The molecule has 5 N–H and O–H groups in total. The van der Waals surface area contributed by atoms with E-state index >= 15 is 0 Å². The quantitative estimate of drug-likeness (QED) is 0.0530. The number of fused-ring (bicyclic) bond motifs is 4. The number of carbonyl (C=O) groups is 1. The maximum Gasteiger partial charge on any atom is 0.408 e. The number of amides is 1. The molecule has 0 spiro atoms. The number of unbranched alkanes of at least 4 members (excludes halogenated alkanes) is 6. The molecule has 3 aliphatic heterocycles. The number of alkyl carbamates (subject to hydrolysis) is 1. The highest BCUT2D eigenvalue weighted by molar-refractivity contribution is 5.87. The first-order valence-corrected chi connectivity index (χ1v) is 20.7. The van der Waals surface area contributed by atoms with Crippen LogP contribution < -0.4 is 20.9 Å². The van der Waals surface area contributed by atoms with Gasteiger partial charge in [-0.1, -0.05) is 98.8 Å². The summed E-state index contributed by atoms with van der Waals surface area (Å²) in [5.74, 6) is 1.21. The summed E-state index contributed by atoms with van der Waals surface area (Å²) < 4.78 is 12.5. The van der Waals surface area contributed by atoms with Crippen molar-refractivity contribution in [3.63, 3.8) is 0 Å². The maximum absolute atomic E-state index is 13.5. The second kappa shape index (κ2) is 19.8. The van der Waals surface area contributed by atoms with Crippen LogP contribution in [0.2, 0.25) is 0 Å². The number of phenols is 1. The second-order valence-corrected chi connectivity index (χ2v) is 15.6. The molecule has 57 heavy (non-hydrogen) atoms. The molecule has 300 valence electrons. The molecule has 0 aliphatic carbocycles. The Bertz CT molecular complexity index is 2100. The van der Waals surface area contributed by atoms with E-state index < -0.39 is 12.1 Å². The Morgan fingerprint density at radius 1 is 0.807 bits per heavy atom. The van der Waals surface area contributed by atoms with Crippen LogP contribution in [0.4, 0.5) is 4.79 Å². The highest BCUT2D eigenvalue weighted by atomic mass is 16.6. The van der Waals surface area contributed by atoms with Crippen molar-refractivity contribution in [3.05, 3.63) is 130 Å². The number of aromatic hydroxyl groups is 1. The van der Waals surface area contributed by atoms with Crippen molar-refractivity contribution in [2.45, 2.75) is 76.0 Å². The van der Waals surface area contributed by atoms with Gasteiger partial charge in [-0.05, 0) is 109 Å². The maximum atomic E-state index is 13.5. The lowest BCUT2D eigenvalue weighted by molar-refractivity contribution is -0.0336. The average Bonchev–Trinajstić information content (AvgIpc) is 3.24. The largest absolute Gasteiger partial charge is 0.506 e. The van der Waals surface area contributed by atoms with E-state index in [2.05, 4.69) is 50.8 Å². The van der Waals surface area contributed by atoms with E-state index in [1.54, 1.807) is 12.1 Å². The fourth-order valence-electron chi connectivity index (χ4n) is 8.33. The number of nitrogens with zero attached hydrogens (tertiary/aromatic N) is 1. The third-order valence-corrected chi connectivity index (χ3v) is 11.5. The number of aliphatic hydroxyl groups is 1. The number of carbonyl (C=O) groups excluding carboxylic acids is 1. The summed E-state index contributed by atoms with van der Waals surface area (Å²) >= 11 is 0. The normalized spacial score (nSPS) is 18.6. The van der Waals surface area contributed by atoms with Crippen LogP contribution in [0, 0.1) is 5.92 Å². The molecule has 4 aromatic carbocycles. The van der Waals surface area contributed by atoms with Crippen molar-refractivity contribution in [1.29, 1.82) is 0 Å². The zero-order chi connectivity index (χ0) is 39.4. The van der Waals surface area contributed by atoms with Crippen LogP contribution in [0.1, 0.15) is 86.6 Å². The average molecular weight is 773 g/mol. The summed E-state index contributed by atoms with van der Waals surface area (Å²) in [7, 11) is 0. The Morgan fingerprint density at radius 3 is 2.26 bits per heavy atom. The highest BCUT2D eigenvalue weighted by Crippen LogP contribution is 2.34. The van der Waals surface area contributed by atoms with Crippen molar-refractivity contribution in [1.82, 2.24) is 20.5 Å². The first-order valence-electron chi connectivity index (χ1n) is 20.7. The number of rotatable bonds is 19. The van der Waals surface area contributed by atoms with Crippen molar-refractivity contribution < 1.29 is 24.5 Å². The predicted molar refractivity (Wildman–Crippen MR) is 225 cm³/mol. The molecule has 8 rings (SSSR count). The van der Waals surface area contributed by atoms with Gasteiger partial charge < -0.3 is 35.3 Å². The summed E-state index contributed by atoms with van der Waals surface area (Å²) in [6.07, 6.45) is 8.59. The van der Waals surface area contributed by atoms with Crippen LogP contribution in [0.5, 0.6) is 11.5 Å². The molecular formula is C47H56N4O6. The fourth-order valence-corrected chi connectivity index (χ4v) is 8.33. The number of H-pyrrole nitrogens is 1. The van der Waals surface area contributed by atoms with Gasteiger partial charge in [0.2, 0.25) is 5.56 Å². The molecule has 3 saturated heterocycles.